The van der Waals surface area contributed by atoms with Crippen LogP contribution in [0.5, 0.6) is 0 Å². The van der Waals surface area contributed by atoms with E-state index in [0.717, 1.165) is 10.8 Å². The van der Waals surface area contributed by atoms with Gasteiger partial charge in [-0.1, -0.05) is 24.3 Å². The number of aromatic nitrogens is 2. The highest BCUT2D eigenvalue weighted by atomic mass is 32.1. The number of pyridine rings is 1. The van der Waals surface area contributed by atoms with Crippen molar-refractivity contribution in [2.75, 3.05) is 7.05 Å². The van der Waals surface area contributed by atoms with Crippen molar-refractivity contribution in [2.24, 2.45) is 0 Å². The first kappa shape index (κ1) is 17.7. The molecular formula is C22H24N4S. The van der Waals surface area contributed by atoms with E-state index in [-0.39, 0.29) is 12.1 Å². The Morgan fingerprint density at radius 2 is 1.67 bits per heavy atom. The third-order valence-corrected chi connectivity index (χ3v) is 6.06. The summed E-state index contributed by atoms with van der Waals surface area (Å²) in [6.45, 7) is 6.60. The summed E-state index contributed by atoms with van der Waals surface area (Å²) < 4.78 is 2.34. The Balaban J connectivity index is 1.88. The van der Waals surface area contributed by atoms with E-state index in [1.165, 1.54) is 28.2 Å². The molecule has 0 aliphatic carbocycles. The van der Waals surface area contributed by atoms with Crippen molar-refractivity contribution in [3.8, 4) is 5.69 Å². The molecule has 2 atom stereocenters. The van der Waals surface area contributed by atoms with Gasteiger partial charge in [-0.25, -0.2) is 0 Å². The Morgan fingerprint density at radius 1 is 0.963 bits per heavy atom. The average Bonchev–Trinajstić information content (AvgIpc) is 3.10. The number of likely N-dealkylation sites (N-methyl/N-ethyl adjacent to an activating group) is 1. The summed E-state index contributed by atoms with van der Waals surface area (Å²) in [6.07, 6.45) is 1.84. The number of rotatable bonds is 3. The van der Waals surface area contributed by atoms with Gasteiger partial charge in [0.2, 0.25) is 0 Å². The smallest absolute Gasteiger partial charge is 0.169 e. The molecule has 4 nitrogen and oxygen atoms in total. The van der Waals surface area contributed by atoms with E-state index < -0.39 is 0 Å². The van der Waals surface area contributed by atoms with Crippen molar-refractivity contribution >= 4 is 17.3 Å². The van der Waals surface area contributed by atoms with E-state index >= 15 is 0 Å². The standard InChI is InChI=1S/C22H24N4S/c1-14-15(2)26(17-10-6-5-7-11-17)16(3)19(14)21-20(24-22(27)25(21)4)18-12-8-9-13-23-18/h5-13,20-21H,1-4H3,(H,24,27)/t20-,21-/m0/s1. The molecule has 0 unspecified atom stereocenters. The lowest BCUT2D eigenvalue weighted by molar-refractivity contribution is 0.366. The van der Waals surface area contributed by atoms with Gasteiger partial charge >= 0.3 is 0 Å². The second-order valence-electron chi connectivity index (χ2n) is 7.12. The fourth-order valence-electron chi connectivity index (χ4n) is 4.23. The molecule has 0 spiro atoms. The van der Waals surface area contributed by atoms with Crippen LogP contribution in [0.4, 0.5) is 0 Å². The number of thiocarbonyl (C=S) groups is 1. The van der Waals surface area contributed by atoms with Gasteiger partial charge < -0.3 is 14.8 Å². The molecule has 3 aromatic rings. The first-order chi connectivity index (χ1) is 13.0. The summed E-state index contributed by atoms with van der Waals surface area (Å²) in [7, 11) is 2.07. The average molecular weight is 377 g/mol. The normalized spacial score (nSPS) is 19.4. The van der Waals surface area contributed by atoms with Crippen LogP contribution in [0, 0.1) is 20.8 Å². The highest BCUT2D eigenvalue weighted by Gasteiger charge is 2.40. The van der Waals surface area contributed by atoms with Crippen molar-refractivity contribution in [1.29, 1.82) is 0 Å². The predicted molar refractivity (Wildman–Crippen MR) is 113 cm³/mol. The zero-order valence-electron chi connectivity index (χ0n) is 16.1. The maximum absolute atomic E-state index is 5.60. The van der Waals surface area contributed by atoms with E-state index in [4.69, 9.17) is 12.2 Å². The topological polar surface area (TPSA) is 33.1 Å². The quantitative estimate of drug-likeness (QED) is 0.687. The molecule has 1 fully saturated rings. The van der Waals surface area contributed by atoms with Crippen LogP contribution in [0.2, 0.25) is 0 Å². The largest absolute Gasteiger partial charge is 0.352 e. The van der Waals surface area contributed by atoms with Gasteiger partial charge in [0.1, 0.15) is 0 Å². The number of nitrogens with one attached hydrogen (secondary N) is 1. The van der Waals surface area contributed by atoms with Crippen LogP contribution >= 0.6 is 12.2 Å². The summed E-state index contributed by atoms with van der Waals surface area (Å²) in [6, 6.07) is 16.7. The molecule has 1 aliphatic rings. The molecule has 2 aromatic heterocycles. The monoisotopic (exact) mass is 376 g/mol. The second-order valence-corrected chi connectivity index (χ2v) is 7.50. The number of para-hydroxylation sites is 1. The summed E-state index contributed by atoms with van der Waals surface area (Å²) in [4.78, 5) is 6.76. The van der Waals surface area contributed by atoms with Gasteiger partial charge in [-0.2, -0.15) is 0 Å². The molecule has 1 aromatic carbocycles. The third kappa shape index (κ3) is 2.82. The Kier molecular flexibility index (Phi) is 4.48. The molecule has 3 heterocycles. The van der Waals surface area contributed by atoms with Gasteiger partial charge in [-0.15, -0.1) is 0 Å². The van der Waals surface area contributed by atoms with Crippen LogP contribution in [0.3, 0.4) is 0 Å². The number of nitrogens with zero attached hydrogens (tertiary/aromatic N) is 3. The molecule has 0 amide bonds. The fourth-order valence-corrected chi connectivity index (χ4v) is 4.47. The second kappa shape index (κ2) is 6.82. The minimum Gasteiger partial charge on any atom is -0.352 e. The van der Waals surface area contributed by atoms with E-state index in [1.807, 2.05) is 18.3 Å². The van der Waals surface area contributed by atoms with Crippen molar-refractivity contribution < 1.29 is 0 Å². The van der Waals surface area contributed by atoms with Crippen molar-refractivity contribution in [2.45, 2.75) is 32.9 Å². The predicted octanol–water partition coefficient (Wildman–Crippen LogP) is 4.40. The molecule has 0 saturated carbocycles. The molecular weight excluding hydrogens is 352 g/mol. The maximum Gasteiger partial charge on any atom is 0.169 e. The molecule has 1 aliphatic heterocycles. The third-order valence-electron chi connectivity index (χ3n) is 5.66. The number of hydrogen-bond donors (Lipinski definition) is 1. The van der Waals surface area contributed by atoms with Gasteiger partial charge in [0.25, 0.3) is 0 Å². The lowest BCUT2D eigenvalue weighted by Gasteiger charge is -2.25. The Hall–Kier alpha value is -2.66. The minimum absolute atomic E-state index is 0.0344. The SMILES string of the molecule is Cc1c([C@H]2[C@H](c3ccccn3)NC(=S)N2C)c(C)n(-c2ccccc2)c1C. The molecule has 4 rings (SSSR count). The lowest BCUT2D eigenvalue weighted by Crippen LogP contribution is -2.25. The Bertz CT molecular complexity index is 979. The summed E-state index contributed by atoms with van der Waals surface area (Å²) in [5.41, 5.74) is 7.34. The van der Waals surface area contributed by atoms with E-state index in [1.54, 1.807) is 0 Å². The molecule has 1 saturated heterocycles. The zero-order chi connectivity index (χ0) is 19.1. The highest BCUT2D eigenvalue weighted by Crippen LogP contribution is 2.42. The Morgan fingerprint density at radius 3 is 2.33 bits per heavy atom. The van der Waals surface area contributed by atoms with Gasteiger partial charge in [0.15, 0.2) is 5.11 Å². The number of hydrogen-bond acceptors (Lipinski definition) is 2. The molecule has 27 heavy (non-hydrogen) atoms. The first-order valence-electron chi connectivity index (χ1n) is 9.18. The van der Waals surface area contributed by atoms with Gasteiger partial charge in [0.05, 0.1) is 17.8 Å². The van der Waals surface area contributed by atoms with Crippen LogP contribution in [0.25, 0.3) is 5.69 Å². The number of benzene rings is 1. The van der Waals surface area contributed by atoms with Crippen LogP contribution in [-0.4, -0.2) is 26.6 Å². The van der Waals surface area contributed by atoms with Gasteiger partial charge in [-0.05, 0) is 62.8 Å². The molecule has 5 heteroatoms. The lowest BCUT2D eigenvalue weighted by atomic mass is 9.94. The molecule has 1 N–H and O–H groups in total. The summed E-state index contributed by atoms with van der Waals surface area (Å²) in [5, 5.41) is 4.24. The van der Waals surface area contributed by atoms with Crippen LogP contribution in [0.15, 0.2) is 54.7 Å². The first-order valence-corrected chi connectivity index (χ1v) is 9.59. The molecule has 0 bridgehead atoms. The van der Waals surface area contributed by atoms with Gasteiger partial charge in [0, 0.05) is 35.9 Å². The van der Waals surface area contributed by atoms with E-state index in [9.17, 15) is 0 Å². The van der Waals surface area contributed by atoms with Gasteiger partial charge in [-0.3, -0.25) is 4.98 Å². The maximum atomic E-state index is 5.60. The summed E-state index contributed by atoms with van der Waals surface area (Å²) >= 11 is 5.60. The van der Waals surface area contributed by atoms with Crippen molar-refractivity contribution in [1.82, 2.24) is 19.8 Å². The van der Waals surface area contributed by atoms with Crippen LogP contribution in [-0.2, 0) is 0 Å². The van der Waals surface area contributed by atoms with Crippen LogP contribution < -0.4 is 5.32 Å². The zero-order valence-corrected chi connectivity index (χ0v) is 16.9. The van der Waals surface area contributed by atoms with E-state index in [0.29, 0.717) is 0 Å². The highest BCUT2D eigenvalue weighted by molar-refractivity contribution is 7.80. The molecule has 138 valence electrons. The summed E-state index contributed by atoms with van der Waals surface area (Å²) in [5.74, 6) is 0. The minimum atomic E-state index is 0.0344. The Labute approximate surface area is 165 Å². The van der Waals surface area contributed by atoms with E-state index in [2.05, 4.69) is 84.0 Å². The van der Waals surface area contributed by atoms with Crippen molar-refractivity contribution in [3.63, 3.8) is 0 Å². The molecule has 0 radical (unpaired) electrons. The van der Waals surface area contributed by atoms with Crippen LogP contribution in [0.1, 0.15) is 40.3 Å². The van der Waals surface area contributed by atoms with Crippen molar-refractivity contribution in [3.05, 3.63) is 82.9 Å². The fraction of sp³-hybridized carbons (Fsp3) is 0.273.